The quantitative estimate of drug-likeness (QED) is 0.732. The van der Waals surface area contributed by atoms with Crippen molar-refractivity contribution in [2.45, 2.75) is 19.4 Å². The second-order valence-corrected chi connectivity index (χ2v) is 6.66. The fourth-order valence-electron chi connectivity index (χ4n) is 2.33. The molecule has 0 unspecified atom stereocenters. The smallest absolute Gasteiger partial charge is 0.260 e. The number of aliphatic hydroxyl groups is 1. The Labute approximate surface area is 157 Å². The molecule has 0 aromatic heterocycles. The molecule has 2 atom stereocenters. The molecule has 0 aliphatic heterocycles. The van der Waals surface area contributed by atoms with Gasteiger partial charge in [0.2, 0.25) is 0 Å². The van der Waals surface area contributed by atoms with Crippen molar-refractivity contribution in [3.8, 4) is 5.75 Å². The maximum absolute atomic E-state index is 12.2. The van der Waals surface area contributed by atoms with E-state index < -0.39 is 6.10 Å². The van der Waals surface area contributed by atoms with Gasteiger partial charge in [0.15, 0.2) is 6.10 Å². The Balaban J connectivity index is 1.84. The van der Waals surface area contributed by atoms with Crippen LogP contribution in [0.15, 0.2) is 48.5 Å². The first-order valence-electron chi connectivity index (χ1n) is 8.03. The predicted molar refractivity (Wildman–Crippen MR) is 100 cm³/mol. The Hall–Kier alpha value is -1.75. The van der Waals surface area contributed by atoms with Gasteiger partial charge in [-0.25, -0.2) is 0 Å². The lowest BCUT2D eigenvalue weighted by Gasteiger charge is -2.19. The largest absolute Gasteiger partial charge is 0.479 e. The van der Waals surface area contributed by atoms with E-state index in [1.54, 1.807) is 31.2 Å². The zero-order valence-corrected chi connectivity index (χ0v) is 15.4. The number of amides is 1. The Kier molecular flexibility index (Phi) is 7.56. The average molecular weight is 382 g/mol. The van der Waals surface area contributed by atoms with Crippen LogP contribution in [0.1, 0.15) is 12.5 Å². The monoisotopic (exact) mass is 381 g/mol. The van der Waals surface area contributed by atoms with Gasteiger partial charge in [-0.1, -0.05) is 47.5 Å². The molecule has 0 fully saturated rings. The topological polar surface area (TPSA) is 58.6 Å². The highest BCUT2D eigenvalue weighted by molar-refractivity contribution is 6.32. The molecule has 0 spiro atoms. The maximum Gasteiger partial charge on any atom is 0.260 e. The number of halogens is 2. The van der Waals surface area contributed by atoms with E-state index in [9.17, 15) is 9.90 Å². The van der Waals surface area contributed by atoms with Crippen molar-refractivity contribution in [2.75, 3.05) is 13.2 Å². The molecule has 2 rings (SSSR count). The first-order valence-corrected chi connectivity index (χ1v) is 8.79. The van der Waals surface area contributed by atoms with Crippen molar-refractivity contribution in [1.82, 2.24) is 5.32 Å². The van der Waals surface area contributed by atoms with Crippen LogP contribution in [0.4, 0.5) is 0 Å². The molecule has 0 heterocycles. The Morgan fingerprint density at radius 1 is 1.16 bits per heavy atom. The van der Waals surface area contributed by atoms with Gasteiger partial charge in [0.1, 0.15) is 5.75 Å². The zero-order chi connectivity index (χ0) is 18.2. The van der Waals surface area contributed by atoms with Gasteiger partial charge < -0.3 is 15.2 Å². The SMILES string of the molecule is C[C@@H](Oc1ccccc1Cl)C(=O)NC[C@@H](CO)Cc1ccc(Cl)cc1. The van der Waals surface area contributed by atoms with Crippen LogP contribution < -0.4 is 10.1 Å². The van der Waals surface area contributed by atoms with Crippen LogP contribution in [0.2, 0.25) is 10.0 Å². The zero-order valence-electron chi connectivity index (χ0n) is 13.9. The van der Waals surface area contributed by atoms with Crippen LogP contribution in [0, 0.1) is 5.92 Å². The normalized spacial score (nSPS) is 13.1. The number of rotatable bonds is 8. The maximum atomic E-state index is 12.2. The third kappa shape index (κ3) is 6.24. The van der Waals surface area contributed by atoms with Gasteiger partial charge in [-0.15, -0.1) is 0 Å². The Bertz CT molecular complexity index is 691. The number of nitrogens with one attached hydrogen (secondary N) is 1. The van der Waals surface area contributed by atoms with E-state index in [0.29, 0.717) is 28.8 Å². The van der Waals surface area contributed by atoms with Crippen LogP contribution in [-0.4, -0.2) is 30.3 Å². The molecule has 134 valence electrons. The number of para-hydroxylation sites is 1. The van der Waals surface area contributed by atoms with Crippen LogP contribution in [-0.2, 0) is 11.2 Å². The molecule has 2 N–H and O–H groups in total. The summed E-state index contributed by atoms with van der Waals surface area (Å²) in [5, 5.41) is 13.5. The molecular weight excluding hydrogens is 361 g/mol. The minimum Gasteiger partial charge on any atom is -0.479 e. The summed E-state index contributed by atoms with van der Waals surface area (Å²) in [5.41, 5.74) is 1.05. The fourth-order valence-corrected chi connectivity index (χ4v) is 2.63. The van der Waals surface area contributed by atoms with E-state index in [2.05, 4.69) is 5.32 Å². The van der Waals surface area contributed by atoms with Gasteiger partial charge in [-0.05, 0) is 43.2 Å². The van der Waals surface area contributed by atoms with E-state index in [-0.39, 0.29) is 18.4 Å². The van der Waals surface area contributed by atoms with Gasteiger partial charge in [-0.2, -0.15) is 0 Å². The third-order valence-electron chi connectivity index (χ3n) is 3.77. The van der Waals surface area contributed by atoms with Crippen LogP contribution in [0.3, 0.4) is 0 Å². The molecule has 0 saturated heterocycles. The van der Waals surface area contributed by atoms with Crippen molar-refractivity contribution < 1.29 is 14.6 Å². The highest BCUT2D eigenvalue weighted by atomic mass is 35.5. The Morgan fingerprint density at radius 3 is 2.48 bits per heavy atom. The highest BCUT2D eigenvalue weighted by Gasteiger charge is 2.17. The summed E-state index contributed by atoms with van der Waals surface area (Å²) in [6, 6.07) is 14.4. The van der Waals surface area contributed by atoms with Gasteiger partial charge in [0, 0.05) is 24.1 Å². The number of hydrogen-bond donors (Lipinski definition) is 2. The predicted octanol–water partition coefficient (Wildman–Crippen LogP) is 3.73. The van der Waals surface area contributed by atoms with E-state index in [0.717, 1.165) is 5.56 Å². The lowest BCUT2D eigenvalue weighted by atomic mass is 10.00. The first-order chi connectivity index (χ1) is 12.0. The minimum absolute atomic E-state index is 0.0251. The summed E-state index contributed by atoms with van der Waals surface area (Å²) in [5.74, 6) is 0.124. The van der Waals surface area contributed by atoms with Crippen molar-refractivity contribution in [3.05, 3.63) is 64.1 Å². The Morgan fingerprint density at radius 2 is 1.84 bits per heavy atom. The molecule has 0 aliphatic rings. The summed E-state index contributed by atoms with van der Waals surface area (Å²) in [4.78, 5) is 12.2. The highest BCUT2D eigenvalue weighted by Crippen LogP contribution is 2.24. The van der Waals surface area contributed by atoms with Crippen LogP contribution in [0.25, 0.3) is 0 Å². The number of aliphatic hydroxyl groups excluding tert-OH is 1. The van der Waals surface area contributed by atoms with Gasteiger partial charge in [-0.3, -0.25) is 4.79 Å². The number of ether oxygens (including phenoxy) is 1. The van der Waals surface area contributed by atoms with Crippen molar-refractivity contribution in [2.24, 2.45) is 5.92 Å². The molecule has 0 bridgehead atoms. The summed E-state index contributed by atoms with van der Waals surface area (Å²) in [6.07, 6.45) is -0.0389. The van der Waals surface area contributed by atoms with Gasteiger partial charge in [0.05, 0.1) is 5.02 Å². The lowest BCUT2D eigenvalue weighted by molar-refractivity contribution is -0.127. The molecule has 0 aliphatic carbocycles. The van der Waals surface area contributed by atoms with Crippen molar-refractivity contribution in [3.63, 3.8) is 0 Å². The van der Waals surface area contributed by atoms with E-state index in [1.165, 1.54) is 0 Å². The third-order valence-corrected chi connectivity index (χ3v) is 4.33. The van der Waals surface area contributed by atoms with E-state index in [1.807, 2.05) is 24.3 Å². The molecule has 25 heavy (non-hydrogen) atoms. The fraction of sp³-hybridized carbons (Fsp3) is 0.316. The first kappa shape index (κ1) is 19.6. The van der Waals surface area contributed by atoms with E-state index >= 15 is 0 Å². The second-order valence-electron chi connectivity index (χ2n) is 5.81. The standard InChI is InChI=1S/C19H21Cl2NO3/c1-13(25-18-5-3-2-4-17(18)21)19(24)22-11-15(12-23)10-14-6-8-16(20)9-7-14/h2-9,13,15,23H,10-12H2,1H3,(H,22,24)/t13-,15+/m1/s1. The van der Waals surface area contributed by atoms with Gasteiger partial charge >= 0.3 is 0 Å². The van der Waals surface area contributed by atoms with Crippen LogP contribution >= 0.6 is 23.2 Å². The van der Waals surface area contributed by atoms with Gasteiger partial charge in [0.25, 0.3) is 5.91 Å². The van der Waals surface area contributed by atoms with Crippen LogP contribution in [0.5, 0.6) is 5.75 Å². The minimum atomic E-state index is -0.685. The summed E-state index contributed by atoms with van der Waals surface area (Å²) < 4.78 is 5.58. The summed E-state index contributed by atoms with van der Waals surface area (Å²) >= 11 is 11.9. The number of carbonyl (C=O) groups excluding carboxylic acids is 1. The molecule has 0 radical (unpaired) electrons. The molecule has 2 aromatic rings. The van der Waals surface area contributed by atoms with E-state index in [4.69, 9.17) is 27.9 Å². The molecule has 4 nitrogen and oxygen atoms in total. The molecular formula is C19H21Cl2NO3. The second kappa shape index (κ2) is 9.66. The summed E-state index contributed by atoms with van der Waals surface area (Å²) in [7, 11) is 0. The summed E-state index contributed by atoms with van der Waals surface area (Å²) in [6.45, 7) is 1.99. The molecule has 2 aromatic carbocycles. The molecule has 1 amide bonds. The average Bonchev–Trinajstić information content (AvgIpc) is 2.61. The molecule has 0 saturated carbocycles. The number of hydrogen-bond acceptors (Lipinski definition) is 3. The lowest BCUT2D eigenvalue weighted by Crippen LogP contribution is -2.40. The molecule has 6 heteroatoms. The number of benzene rings is 2. The van der Waals surface area contributed by atoms with Crippen molar-refractivity contribution >= 4 is 29.1 Å². The number of carbonyl (C=O) groups is 1. The van der Waals surface area contributed by atoms with Crippen molar-refractivity contribution in [1.29, 1.82) is 0 Å².